The second kappa shape index (κ2) is 8.06. The molecule has 3 nitrogen and oxygen atoms in total. The van der Waals surface area contributed by atoms with Crippen molar-refractivity contribution in [1.29, 1.82) is 0 Å². The van der Waals surface area contributed by atoms with E-state index < -0.39 is 5.54 Å². The highest BCUT2D eigenvalue weighted by molar-refractivity contribution is 6.09. The zero-order chi connectivity index (χ0) is 26.0. The Kier molecular flexibility index (Phi) is 5.44. The van der Waals surface area contributed by atoms with E-state index in [-0.39, 0.29) is 22.7 Å². The number of amides is 1. The van der Waals surface area contributed by atoms with E-state index in [0.29, 0.717) is 11.5 Å². The van der Waals surface area contributed by atoms with Crippen LogP contribution in [-0.4, -0.2) is 17.0 Å². The van der Waals surface area contributed by atoms with Crippen molar-refractivity contribution in [2.24, 2.45) is 5.92 Å². The third-order valence-electron chi connectivity index (χ3n) is 8.59. The van der Waals surface area contributed by atoms with Crippen molar-refractivity contribution in [1.82, 2.24) is 0 Å². The van der Waals surface area contributed by atoms with Gasteiger partial charge in [-0.3, -0.25) is 9.69 Å². The van der Waals surface area contributed by atoms with Gasteiger partial charge in [0.2, 0.25) is 0 Å². The number of nitrogens with zero attached hydrogens (tertiary/aromatic N) is 1. The molecule has 0 aliphatic carbocycles. The second-order valence-electron chi connectivity index (χ2n) is 11.7. The molecule has 1 amide bonds. The van der Waals surface area contributed by atoms with Crippen LogP contribution in [0.15, 0.2) is 72.8 Å². The van der Waals surface area contributed by atoms with Gasteiger partial charge in [-0.25, -0.2) is 4.39 Å². The zero-order valence-electron chi connectivity index (χ0n) is 22.2. The van der Waals surface area contributed by atoms with Crippen LogP contribution in [0, 0.1) is 11.7 Å². The van der Waals surface area contributed by atoms with E-state index in [4.69, 9.17) is 0 Å². The summed E-state index contributed by atoms with van der Waals surface area (Å²) in [6, 6.07) is 20.9. The molecule has 2 heterocycles. The predicted molar refractivity (Wildman–Crippen MR) is 147 cm³/mol. The molecular formula is C32H35FN2O. The molecule has 0 saturated carbocycles. The van der Waals surface area contributed by atoms with Crippen LogP contribution in [0.5, 0.6) is 0 Å². The number of carbonyl (C=O) groups is 1. The van der Waals surface area contributed by atoms with Crippen LogP contribution in [0.4, 0.5) is 15.8 Å². The minimum Gasteiger partial charge on any atom is -0.380 e. The largest absolute Gasteiger partial charge is 0.380 e. The number of allylic oxidation sites excluding steroid dienone is 1. The van der Waals surface area contributed by atoms with Crippen LogP contribution >= 0.6 is 0 Å². The fourth-order valence-corrected chi connectivity index (χ4v) is 6.31. The first-order valence-electron chi connectivity index (χ1n) is 12.7. The molecule has 0 radical (unpaired) electrons. The van der Waals surface area contributed by atoms with E-state index in [9.17, 15) is 9.18 Å². The Morgan fingerprint density at radius 2 is 1.61 bits per heavy atom. The Morgan fingerprint density at radius 3 is 2.31 bits per heavy atom. The molecule has 0 unspecified atom stereocenters. The number of hydrogen-bond donors (Lipinski definition) is 1. The molecule has 0 fully saturated rings. The molecule has 3 aromatic rings. The first-order chi connectivity index (χ1) is 16.9. The quantitative estimate of drug-likeness (QED) is 0.404. The molecule has 2 aliphatic heterocycles. The lowest BCUT2D eigenvalue weighted by atomic mass is 9.59. The van der Waals surface area contributed by atoms with Crippen LogP contribution in [0.3, 0.4) is 0 Å². The van der Waals surface area contributed by atoms with Crippen LogP contribution in [0.25, 0.3) is 5.57 Å². The van der Waals surface area contributed by atoms with E-state index >= 15 is 0 Å². The second-order valence-corrected chi connectivity index (χ2v) is 11.7. The summed E-state index contributed by atoms with van der Waals surface area (Å²) in [5.74, 6) is -0.178. The van der Waals surface area contributed by atoms with E-state index in [2.05, 4.69) is 88.5 Å². The molecule has 3 aromatic carbocycles. The molecular weight excluding hydrogens is 447 g/mol. The maximum Gasteiger partial charge on any atom is 0.259 e. The summed E-state index contributed by atoms with van der Waals surface area (Å²) >= 11 is 0. The molecule has 2 atom stereocenters. The number of halogens is 1. The summed E-state index contributed by atoms with van der Waals surface area (Å²) in [4.78, 5) is 15.6. The maximum atomic E-state index is 13.7. The van der Waals surface area contributed by atoms with Gasteiger partial charge in [-0.05, 0) is 99.7 Å². The molecule has 0 aromatic heterocycles. The minimum atomic E-state index is -0.523. The summed E-state index contributed by atoms with van der Waals surface area (Å²) in [6.45, 7) is 15.4. The third kappa shape index (κ3) is 3.57. The first kappa shape index (κ1) is 24.3. The number of nitrogens with one attached hydrogen (secondary N) is 1. The van der Waals surface area contributed by atoms with Gasteiger partial charge in [0.15, 0.2) is 0 Å². The van der Waals surface area contributed by atoms with Crippen LogP contribution in [0.2, 0.25) is 0 Å². The molecule has 5 rings (SSSR count). The Morgan fingerprint density at radius 1 is 0.944 bits per heavy atom. The van der Waals surface area contributed by atoms with Gasteiger partial charge < -0.3 is 5.32 Å². The predicted octanol–water partition coefficient (Wildman–Crippen LogP) is 7.81. The smallest absolute Gasteiger partial charge is 0.259 e. The SMILES string of the molecule is CC1=CC(C)(C)N(C(=O)c2ccc(F)cc2)c2ccc([C@]3(C)c4ccccc4NC(C)(C)[C@@H]3C)cc21. The van der Waals surface area contributed by atoms with Crippen molar-refractivity contribution < 1.29 is 9.18 Å². The number of rotatable bonds is 2. The van der Waals surface area contributed by atoms with Crippen molar-refractivity contribution in [2.75, 3.05) is 10.2 Å². The zero-order valence-corrected chi connectivity index (χ0v) is 22.2. The summed E-state index contributed by atoms with van der Waals surface area (Å²) in [6.07, 6.45) is 2.16. The fourth-order valence-electron chi connectivity index (χ4n) is 6.31. The normalized spacial score (nSPS) is 23.7. The first-order valence-corrected chi connectivity index (χ1v) is 12.7. The summed E-state index contributed by atoms with van der Waals surface area (Å²) < 4.78 is 13.5. The lowest BCUT2D eigenvalue weighted by Gasteiger charge is -2.52. The van der Waals surface area contributed by atoms with Gasteiger partial charge in [0, 0.05) is 27.8 Å². The minimum absolute atomic E-state index is 0.101. The summed E-state index contributed by atoms with van der Waals surface area (Å²) in [5, 5.41) is 3.75. The van der Waals surface area contributed by atoms with Crippen molar-refractivity contribution in [2.45, 2.75) is 65.0 Å². The average Bonchev–Trinajstić information content (AvgIpc) is 2.82. The number of carbonyl (C=O) groups excluding carboxylic acids is 1. The van der Waals surface area contributed by atoms with Crippen molar-refractivity contribution in [3.63, 3.8) is 0 Å². The van der Waals surface area contributed by atoms with E-state index in [1.165, 1.54) is 28.9 Å². The average molecular weight is 483 g/mol. The number of hydrogen-bond acceptors (Lipinski definition) is 2. The van der Waals surface area contributed by atoms with Crippen molar-refractivity contribution >= 4 is 22.9 Å². The molecule has 0 spiro atoms. The van der Waals surface area contributed by atoms with E-state index in [1.807, 2.05) is 18.7 Å². The van der Waals surface area contributed by atoms with Gasteiger partial charge in [0.05, 0.1) is 11.2 Å². The number of fused-ring (bicyclic) bond motifs is 2. The van der Waals surface area contributed by atoms with Crippen molar-refractivity contribution in [3.8, 4) is 0 Å². The highest BCUT2D eigenvalue weighted by Gasteiger charge is 2.48. The van der Waals surface area contributed by atoms with Gasteiger partial charge in [-0.2, -0.15) is 0 Å². The number of anilines is 2. The topological polar surface area (TPSA) is 32.3 Å². The van der Waals surface area contributed by atoms with Crippen LogP contribution < -0.4 is 10.2 Å². The summed E-state index contributed by atoms with van der Waals surface area (Å²) in [7, 11) is 0. The lowest BCUT2D eigenvalue weighted by Crippen LogP contribution is -2.53. The maximum absolute atomic E-state index is 13.7. The van der Waals surface area contributed by atoms with Gasteiger partial charge >= 0.3 is 0 Å². The Balaban J connectivity index is 1.67. The van der Waals surface area contributed by atoms with E-state index in [1.54, 1.807) is 12.1 Å². The Bertz CT molecular complexity index is 1390. The third-order valence-corrected chi connectivity index (χ3v) is 8.59. The highest BCUT2D eigenvalue weighted by Crippen LogP contribution is 2.52. The Labute approximate surface area is 214 Å². The van der Waals surface area contributed by atoms with Crippen LogP contribution in [0.1, 0.15) is 75.5 Å². The standard InChI is InChI=1S/C32H35FN2O/c1-20-19-30(3,4)35(29(36)22-12-15-24(33)16-13-22)28-17-14-23(18-25(20)28)32(7)21(2)31(5,6)34-27-11-9-8-10-26(27)32/h8-19,21,34H,1-7H3/t21-,32+/m0/s1. The molecule has 36 heavy (non-hydrogen) atoms. The molecule has 4 heteroatoms. The fraction of sp³-hybridized carbons (Fsp3) is 0.344. The van der Waals surface area contributed by atoms with E-state index in [0.717, 1.165) is 16.8 Å². The molecule has 0 bridgehead atoms. The van der Waals surface area contributed by atoms with Crippen LogP contribution in [-0.2, 0) is 5.41 Å². The van der Waals surface area contributed by atoms with Crippen molar-refractivity contribution in [3.05, 3.63) is 101 Å². The van der Waals surface area contributed by atoms with Gasteiger partial charge in [0.25, 0.3) is 5.91 Å². The number of para-hydroxylation sites is 1. The lowest BCUT2D eigenvalue weighted by molar-refractivity contribution is 0.0970. The monoisotopic (exact) mass is 482 g/mol. The van der Waals surface area contributed by atoms with Gasteiger partial charge in [-0.1, -0.05) is 44.2 Å². The van der Waals surface area contributed by atoms with Gasteiger partial charge in [-0.15, -0.1) is 0 Å². The Hall–Kier alpha value is -3.40. The molecule has 2 aliphatic rings. The van der Waals surface area contributed by atoms with Gasteiger partial charge in [0.1, 0.15) is 5.82 Å². The molecule has 186 valence electrons. The number of benzene rings is 3. The molecule has 0 saturated heterocycles. The summed E-state index contributed by atoms with van der Waals surface area (Å²) in [5.41, 5.74) is 6.41. The highest BCUT2D eigenvalue weighted by atomic mass is 19.1. The molecule has 1 N–H and O–H groups in total.